The summed E-state index contributed by atoms with van der Waals surface area (Å²) in [5.41, 5.74) is 0.133. The monoisotopic (exact) mass is 341 g/mol. The topological polar surface area (TPSA) is 54.5 Å². The molecule has 0 bridgehead atoms. The molecule has 1 saturated heterocycles. The number of hydrogen-bond acceptors (Lipinski definition) is 4. The van der Waals surface area contributed by atoms with Crippen molar-refractivity contribution in [3.8, 4) is 0 Å². The number of piperidine rings is 1. The van der Waals surface area contributed by atoms with Gasteiger partial charge < -0.3 is 15.0 Å². The van der Waals surface area contributed by atoms with E-state index in [9.17, 15) is 13.6 Å². The molecule has 1 N–H and O–H groups in total. The van der Waals surface area contributed by atoms with Gasteiger partial charge in [-0.1, -0.05) is 6.07 Å². The van der Waals surface area contributed by atoms with Crippen molar-refractivity contribution in [2.75, 3.05) is 25.0 Å². The molecule has 1 aromatic rings. The number of halogens is 2. The summed E-state index contributed by atoms with van der Waals surface area (Å²) in [6.07, 6.45) is -0.473. The largest absolute Gasteiger partial charge is 0.444 e. The molecule has 0 aliphatic carbocycles. The van der Waals surface area contributed by atoms with Gasteiger partial charge in [0.05, 0.1) is 6.54 Å². The highest BCUT2D eigenvalue weighted by molar-refractivity contribution is 5.68. The van der Waals surface area contributed by atoms with Crippen molar-refractivity contribution in [1.82, 2.24) is 9.88 Å². The Labute approximate surface area is 141 Å². The first-order chi connectivity index (χ1) is 11.1. The lowest BCUT2D eigenvalue weighted by atomic mass is 9.93. The normalized spacial score (nSPS) is 20.6. The van der Waals surface area contributed by atoms with E-state index in [1.54, 1.807) is 26.8 Å². The van der Waals surface area contributed by atoms with Gasteiger partial charge in [0, 0.05) is 24.7 Å². The molecule has 1 aliphatic heterocycles. The van der Waals surface area contributed by atoms with E-state index in [-0.39, 0.29) is 19.5 Å². The summed E-state index contributed by atoms with van der Waals surface area (Å²) in [6.45, 7) is 6.76. The summed E-state index contributed by atoms with van der Waals surface area (Å²) in [5.74, 6) is -3.23. The number of carbonyl (C=O) groups is 1. The zero-order valence-corrected chi connectivity index (χ0v) is 14.6. The number of likely N-dealkylation sites (tertiary alicyclic amines) is 1. The van der Waals surface area contributed by atoms with Crippen molar-refractivity contribution in [2.45, 2.75) is 45.6 Å². The fourth-order valence-corrected chi connectivity index (χ4v) is 2.59. The number of ether oxygens (including phenoxy) is 1. The van der Waals surface area contributed by atoms with Crippen LogP contribution in [-0.2, 0) is 4.74 Å². The summed E-state index contributed by atoms with van der Waals surface area (Å²) in [4.78, 5) is 17.3. The van der Waals surface area contributed by atoms with Gasteiger partial charge in [0.25, 0.3) is 5.92 Å². The number of hydrogen-bond donors (Lipinski definition) is 1. The molecule has 2 heterocycles. The van der Waals surface area contributed by atoms with Crippen LogP contribution >= 0.6 is 0 Å². The Balaban J connectivity index is 1.92. The van der Waals surface area contributed by atoms with Crippen LogP contribution in [0.1, 0.15) is 32.9 Å². The van der Waals surface area contributed by atoms with E-state index in [1.165, 1.54) is 0 Å². The third-order valence-corrected chi connectivity index (χ3v) is 3.82. The van der Waals surface area contributed by atoms with E-state index in [1.807, 2.05) is 19.1 Å². The van der Waals surface area contributed by atoms with E-state index < -0.39 is 30.1 Å². The van der Waals surface area contributed by atoms with Gasteiger partial charge in [0.15, 0.2) is 0 Å². The minimum atomic E-state index is -2.97. The molecule has 1 amide bonds. The van der Waals surface area contributed by atoms with Crippen LogP contribution in [0.15, 0.2) is 18.2 Å². The van der Waals surface area contributed by atoms with Crippen LogP contribution in [0.3, 0.4) is 0 Å². The second-order valence-corrected chi connectivity index (χ2v) is 7.19. The molecule has 1 atom stereocenters. The number of aryl methyl sites for hydroxylation is 1. The number of pyridine rings is 1. The fourth-order valence-electron chi connectivity index (χ4n) is 2.59. The first kappa shape index (κ1) is 18.4. The van der Waals surface area contributed by atoms with Crippen LogP contribution < -0.4 is 5.32 Å². The average molecular weight is 341 g/mol. The predicted molar refractivity (Wildman–Crippen MR) is 88.3 cm³/mol. The molecule has 0 saturated carbocycles. The first-order valence-electron chi connectivity index (χ1n) is 8.10. The van der Waals surface area contributed by atoms with Crippen molar-refractivity contribution >= 4 is 11.9 Å². The first-order valence-corrected chi connectivity index (χ1v) is 8.10. The Morgan fingerprint density at radius 2 is 2.17 bits per heavy atom. The van der Waals surface area contributed by atoms with E-state index in [2.05, 4.69) is 10.3 Å². The summed E-state index contributed by atoms with van der Waals surface area (Å²) >= 11 is 0. The summed E-state index contributed by atoms with van der Waals surface area (Å²) in [7, 11) is 0. The molecule has 2 rings (SSSR count). The number of amides is 1. The van der Waals surface area contributed by atoms with Gasteiger partial charge in [-0.15, -0.1) is 0 Å². The lowest BCUT2D eigenvalue weighted by Gasteiger charge is -2.38. The quantitative estimate of drug-likeness (QED) is 0.911. The van der Waals surface area contributed by atoms with Crippen molar-refractivity contribution in [1.29, 1.82) is 0 Å². The number of nitrogens with one attached hydrogen (secondary N) is 1. The summed E-state index contributed by atoms with van der Waals surface area (Å²) < 4.78 is 33.9. The molecular weight excluding hydrogens is 316 g/mol. The Morgan fingerprint density at radius 1 is 1.46 bits per heavy atom. The summed E-state index contributed by atoms with van der Waals surface area (Å²) in [5, 5.41) is 2.97. The Hall–Kier alpha value is -1.92. The van der Waals surface area contributed by atoms with E-state index in [0.717, 1.165) is 10.6 Å². The maximum absolute atomic E-state index is 14.4. The highest BCUT2D eigenvalue weighted by Crippen LogP contribution is 2.33. The van der Waals surface area contributed by atoms with Gasteiger partial charge in [0.2, 0.25) is 0 Å². The second-order valence-electron chi connectivity index (χ2n) is 7.19. The van der Waals surface area contributed by atoms with Crippen molar-refractivity contribution < 1.29 is 18.3 Å². The number of nitrogens with zero attached hydrogens (tertiary/aromatic N) is 2. The fraction of sp³-hybridized carbons (Fsp3) is 0.647. The van der Waals surface area contributed by atoms with Gasteiger partial charge in [0.1, 0.15) is 11.4 Å². The molecule has 24 heavy (non-hydrogen) atoms. The summed E-state index contributed by atoms with van der Waals surface area (Å²) in [6, 6.07) is 5.42. The Kier molecular flexibility index (Phi) is 5.30. The standard InChI is InChI=1S/C17H25F2N3O2/c1-12-6-5-7-14(21-12)20-10-13-8-9-22(11-17(13,18)19)15(23)24-16(2,3)4/h5-7,13H,8-11H2,1-4H3,(H,20,21)/t13-/m0/s1. The van der Waals surface area contributed by atoms with Crippen LogP contribution in [0, 0.1) is 12.8 Å². The van der Waals surface area contributed by atoms with Crippen molar-refractivity contribution in [3.05, 3.63) is 23.9 Å². The predicted octanol–water partition coefficient (Wildman–Crippen LogP) is 3.69. The van der Waals surface area contributed by atoms with Crippen molar-refractivity contribution in [3.63, 3.8) is 0 Å². The molecule has 1 fully saturated rings. The number of rotatable bonds is 3. The molecule has 0 aromatic carbocycles. The van der Waals surface area contributed by atoms with Gasteiger partial charge in [-0.25, -0.2) is 18.6 Å². The van der Waals surface area contributed by atoms with E-state index in [4.69, 9.17) is 4.74 Å². The van der Waals surface area contributed by atoms with Crippen LogP contribution in [0.2, 0.25) is 0 Å². The maximum atomic E-state index is 14.4. The van der Waals surface area contributed by atoms with E-state index in [0.29, 0.717) is 5.82 Å². The molecule has 1 aromatic heterocycles. The van der Waals surface area contributed by atoms with Gasteiger partial charge in [-0.05, 0) is 46.2 Å². The smallest absolute Gasteiger partial charge is 0.410 e. The number of anilines is 1. The third kappa shape index (κ3) is 5.04. The molecule has 1 aliphatic rings. The number of carbonyl (C=O) groups excluding carboxylic acids is 1. The molecular formula is C17H25F2N3O2. The third-order valence-electron chi connectivity index (χ3n) is 3.82. The lowest BCUT2D eigenvalue weighted by Crippen LogP contribution is -2.53. The molecule has 0 radical (unpaired) electrons. The molecule has 0 unspecified atom stereocenters. The van der Waals surface area contributed by atoms with Crippen molar-refractivity contribution in [2.24, 2.45) is 5.92 Å². The van der Waals surface area contributed by atoms with Crippen LogP contribution in [-0.4, -0.2) is 47.1 Å². The van der Waals surface area contributed by atoms with Crippen LogP contribution in [0.5, 0.6) is 0 Å². The Bertz CT molecular complexity index is 587. The number of aromatic nitrogens is 1. The number of alkyl halides is 2. The Morgan fingerprint density at radius 3 is 2.75 bits per heavy atom. The molecule has 7 heteroatoms. The molecule has 0 spiro atoms. The van der Waals surface area contributed by atoms with Gasteiger partial charge in [-0.3, -0.25) is 0 Å². The maximum Gasteiger partial charge on any atom is 0.410 e. The highest BCUT2D eigenvalue weighted by Gasteiger charge is 2.46. The van der Waals surface area contributed by atoms with Gasteiger partial charge in [-0.2, -0.15) is 0 Å². The highest BCUT2D eigenvalue weighted by atomic mass is 19.3. The van der Waals surface area contributed by atoms with E-state index >= 15 is 0 Å². The minimum absolute atomic E-state index is 0.117. The second kappa shape index (κ2) is 6.91. The van der Waals surface area contributed by atoms with Crippen LogP contribution in [0.4, 0.5) is 19.4 Å². The SMILES string of the molecule is Cc1cccc(NC[C@@H]2CCN(C(=O)OC(C)(C)C)CC2(F)F)n1. The molecule has 134 valence electrons. The van der Waals surface area contributed by atoms with Crippen LogP contribution in [0.25, 0.3) is 0 Å². The van der Waals surface area contributed by atoms with Gasteiger partial charge >= 0.3 is 6.09 Å². The zero-order chi connectivity index (χ0) is 18.0. The minimum Gasteiger partial charge on any atom is -0.444 e. The molecule has 5 nitrogen and oxygen atoms in total. The lowest BCUT2D eigenvalue weighted by molar-refractivity contribution is -0.106. The zero-order valence-electron chi connectivity index (χ0n) is 14.6. The average Bonchev–Trinajstić information content (AvgIpc) is 2.43.